The number of hydrogen-bond acceptors (Lipinski definition) is 2. The van der Waals surface area contributed by atoms with Crippen LogP contribution in [0.3, 0.4) is 0 Å². The van der Waals surface area contributed by atoms with Gasteiger partial charge in [0.15, 0.2) is 0 Å². The quantitative estimate of drug-likeness (QED) is 0.858. The van der Waals surface area contributed by atoms with Gasteiger partial charge in [0.1, 0.15) is 5.82 Å². The van der Waals surface area contributed by atoms with Gasteiger partial charge in [0.05, 0.1) is 12.7 Å². The molecule has 1 aliphatic rings. The summed E-state index contributed by atoms with van der Waals surface area (Å²) in [5.74, 6) is 0.111. The fraction of sp³-hybridized carbons (Fsp3) is 0.571. The van der Waals surface area contributed by atoms with E-state index >= 15 is 0 Å². The standard InChI is InChI=1S/C12H16FNO.C2H6/c1-2-8-7-15-11(6-14)12-9(8)4-3-5-10(12)13;1-2/h3-5,8,11H,2,6-7,14H2,1H3;1-2H3/t8-,11-;/m0./s1. The van der Waals surface area contributed by atoms with Crippen molar-refractivity contribution in [1.29, 1.82) is 0 Å². The predicted molar refractivity (Wildman–Crippen MR) is 68.5 cm³/mol. The highest BCUT2D eigenvalue weighted by Crippen LogP contribution is 2.36. The van der Waals surface area contributed by atoms with Crippen LogP contribution >= 0.6 is 0 Å². The highest BCUT2D eigenvalue weighted by molar-refractivity contribution is 5.35. The second-order valence-electron chi connectivity index (χ2n) is 3.91. The third-order valence-corrected chi connectivity index (χ3v) is 3.05. The van der Waals surface area contributed by atoms with Crippen LogP contribution in [0, 0.1) is 5.82 Å². The van der Waals surface area contributed by atoms with E-state index in [-0.39, 0.29) is 11.9 Å². The Balaban J connectivity index is 0.000000686. The molecule has 1 heterocycles. The molecule has 0 saturated carbocycles. The Morgan fingerprint density at radius 3 is 2.71 bits per heavy atom. The van der Waals surface area contributed by atoms with Crippen molar-refractivity contribution in [3.8, 4) is 0 Å². The average Bonchev–Trinajstić information content (AvgIpc) is 2.40. The first-order chi connectivity index (χ1) is 8.27. The third kappa shape index (κ3) is 2.85. The van der Waals surface area contributed by atoms with Crippen molar-refractivity contribution in [3.63, 3.8) is 0 Å². The molecule has 2 atom stereocenters. The fourth-order valence-electron chi connectivity index (χ4n) is 2.18. The first-order valence-corrected chi connectivity index (χ1v) is 6.37. The Morgan fingerprint density at radius 1 is 1.41 bits per heavy atom. The summed E-state index contributed by atoms with van der Waals surface area (Å²) in [5, 5.41) is 0. The lowest BCUT2D eigenvalue weighted by atomic mass is 9.87. The first-order valence-electron chi connectivity index (χ1n) is 6.37. The predicted octanol–water partition coefficient (Wildman–Crippen LogP) is 3.38. The van der Waals surface area contributed by atoms with Crippen molar-refractivity contribution in [2.24, 2.45) is 5.73 Å². The second-order valence-corrected chi connectivity index (χ2v) is 3.91. The normalized spacial score (nSPS) is 22.4. The van der Waals surface area contributed by atoms with Crippen LogP contribution in [-0.2, 0) is 4.74 Å². The Hall–Kier alpha value is -0.930. The molecule has 0 aromatic heterocycles. The van der Waals surface area contributed by atoms with E-state index in [0.29, 0.717) is 24.6 Å². The monoisotopic (exact) mass is 239 g/mol. The van der Waals surface area contributed by atoms with Gasteiger partial charge in [0, 0.05) is 18.0 Å². The molecule has 0 radical (unpaired) electrons. The molecule has 0 fully saturated rings. The van der Waals surface area contributed by atoms with Gasteiger partial charge in [-0.25, -0.2) is 4.39 Å². The molecule has 1 aromatic carbocycles. The fourth-order valence-corrected chi connectivity index (χ4v) is 2.18. The third-order valence-electron chi connectivity index (χ3n) is 3.05. The zero-order valence-corrected chi connectivity index (χ0v) is 10.9. The van der Waals surface area contributed by atoms with E-state index in [1.807, 2.05) is 19.9 Å². The van der Waals surface area contributed by atoms with E-state index in [2.05, 4.69) is 6.92 Å². The Bertz CT molecular complexity index is 354. The van der Waals surface area contributed by atoms with Gasteiger partial charge < -0.3 is 10.5 Å². The van der Waals surface area contributed by atoms with Crippen LogP contribution in [-0.4, -0.2) is 13.2 Å². The Kier molecular flexibility index (Phi) is 5.59. The summed E-state index contributed by atoms with van der Waals surface area (Å²) in [5.41, 5.74) is 7.32. The molecule has 1 aliphatic heterocycles. The maximum absolute atomic E-state index is 13.7. The Morgan fingerprint density at radius 2 is 2.12 bits per heavy atom. The molecule has 0 unspecified atom stereocenters. The molecule has 0 spiro atoms. The zero-order valence-electron chi connectivity index (χ0n) is 10.9. The lowest BCUT2D eigenvalue weighted by Crippen LogP contribution is -2.27. The average molecular weight is 239 g/mol. The molecule has 96 valence electrons. The van der Waals surface area contributed by atoms with Gasteiger partial charge >= 0.3 is 0 Å². The minimum absolute atomic E-state index is 0.193. The minimum atomic E-state index is -0.274. The van der Waals surface area contributed by atoms with Crippen molar-refractivity contribution in [2.75, 3.05) is 13.2 Å². The van der Waals surface area contributed by atoms with Gasteiger partial charge in [-0.1, -0.05) is 32.9 Å². The van der Waals surface area contributed by atoms with Crippen molar-refractivity contribution in [2.45, 2.75) is 39.2 Å². The van der Waals surface area contributed by atoms with Gasteiger partial charge in [-0.2, -0.15) is 0 Å². The van der Waals surface area contributed by atoms with Gasteiger partial charge in [-0.15, -0.1) is 0 Å². The SMILES string of the molecule is CC.CC[C@H]1CO[C@@H](CN)c2c(F)cccc21. The van der Waals surface area contributed by atoms with Crippen molar-refractivity contribution < 1.29 is 9.13 Å². The molecule has 2 rings (SSSR count). The van der Waals surface area contributed by atoms with E-state index in [1.54, 1.807) is 6.07 Å². The summed E-state index contributed by atoms with van der Waals surface area (Å²) in [7, 11) is 0. The number of halogens is 1. The van der Waals surface area contributed by atoms with Crippen LogP contribution in [0.4, 0.5) is 4.39 Å². The summed E-state index contributed by atoms with van der Waals surface area (Å²) in [6, 6.07) is 5.22. The molecule has 0 amide bonds. The topological polar surface area (TPSA) is 35.2 Å². The Labute approximate surface area is 103 Å². The summed E-state index contributed by atoms with van der Waals surface area (Å²) < 4.78 is 19.3. The maximum Gasteiger partial charge on any atom is 0.129 e. The molecule has 0 saturated heterocycles. The van der Waals surface area contributed by atoms with E-state index in [0.717, 1.165) is 12.0 Å². The number of hydrogen-bond donors (Lipinski definition) is 1. The molecular weight excluding hydrogens is 217 g/mol. The summed E-state index contributed by atoms with van der Waals surface area (Å²) >= 11 is 0. The van der Waals surface area contributed by atoms with E-state index in [1.165, 1.54) is 6.07 Å². The highest BCUT2D eigenvalue weighted by Gasteiger charge is 2.28. The van der Waals surface area contributed by atoms with Crippen molar-refractivity contribution in [3.05, 3.63) is 35.1 Å². The molecule has 2 N–H and O–H groups in total. The zero-order chi connectivity index (χ0) is 12.8. The van der Waals surface area contributed by atoms with Crippen LogP contribution in [0.1, 0.15) is 50.3 Å². The lowest BCUT2D eigenvalue weighted by Gasteiger charge is -2.31. The summed E-state index contributed by atoms with van der Waals surface area (Å²) in [6.07, 6.45) is 0.692. The minimum Gasteiger partial charge on any atom is -0.371 e. The molecule has 0 bridgehead atoms. The van der Waals surface area contributed by atoms with Crippen molar-refractivity contribution >= 4 is 0 Å². The summed E-state index contributed by atoms with van der Waals surface area (Å²) in [4.78, 5) is 0. The number of fused-ring (bicyclic) bond motifs is 1. The lowest BCUT2D eigenvalue weighted by molar-refractivity contribution is 0.0298. The van der Waals surface area contributed by atoms with Gasteiger partial charge in [-0.3, -0.25) is 0 Å². The van der Waals surface area contributed by atoms with Crippen LogP contribution < -0.4 is 5.73 Å². The van der Waals surface area contributed by atoms with Gasteiger partial charge in [0.25, 0.3) is 0 Å². The van der Waals surface area contributed by atoms with Crippen LogP contribution in [0.2, 0.25) is 0 Å². The molecular formula is C14H22FNO. The number of rotatable bonds is 2. The van der Waals surface area contributed by atoms with Crippen LogP contribution in [0.15, 0.2) is 18.2 Å². The first kappa shape index (κ1) is 14.1. The highest BCUT2D eigenvalue weighted by atomic mass is 19.1. The van der Waals surface area contributed by atoms with Gasteiger partial charge in [-0.05, 0) is 18.1 Å². The number of benzene rings is 1. The molecule has 3 heteroatoms. The number of nitrogens with two attached hydrogens (primary N) is 1. The largest absolute Gasteiger partial charge is 0.371 e. The van der Waals surface area contributed by atoms with Crippen LogP contribution in [0.5, 0.6) is 0 Å². The van der Waals surface area contributed by atoms with E-state index in [4.69, 9.17) is 10.5 Å². The van der Waals surface area contributed by atoms with E-state index < -0.39 is 0 Å². The molecule has 2 nitrogen and oxygen atoms in total. The van der Waals surface area contributed by atoms with Crippen molar-refractivity contribution in [1.82, 2.24) is 0 Å². The number of ether oxygens (including phenoxy) is 1. The summed E-state index contributed by atoms with van der Waals surface area (Å²) in [6.45, 7) is 7.07. The molecule has 1 aromatic rings. The molecule has 0 aliphatic carbocycles. The molecule has 17 heavy (non-hydrogen) atoms. The second kappa shape index (κ2) is 6.72. The smallest absolute Gasteiger partial charge is 0.129 e. The van der Waals surface area contributed by atoms with Crippen LogP contribution in [0.25, 0.3) is 0 Å². The van der Waals surface area contributed by atoms with E-state index in [9.17, 15) is 4.39 Å². The van der Waals surface area contributed by atoms with Gasteiger partial charge in [0.2, 0.25) is 0 Å². The maximum atomic E-state index is 13.7.